The lowest BCUT2D eigenvalue weighted by molar-refractivity contribution is -0.140. The molecule has 0 unspecified atom stereocenters. The van der Waals surface area contributed by atoms with Gasteiger partial charge >= 0.3 is 11.9 Å². The van der Waals surface area contributed by atoms with Crippen molar-refractivity contribution < 1.29 is 33.3 Å². The van der Waals surface area contributed by atoms with Gasteiger partial charge in [-0.05, 0) is 37.1 Å². The molecule has 0 saturated heterocycles. The predicted octanol–water partition coefficient (Wildman–Crippen LogP) is 5.07. The van der Waals surface area contributed by atoms with Crippen molar-refractivity contribution in [3.05, 3.63) is 78.6 Å². The van der Waals surface area contributed by atoms with E-state index in [1.807, 2.05) is 25.1 Å². The van der Waals surface area contributed by atoms with Crippen LogP contribution in [0.25, 0.3) is 0 Å². The van der Waals surface area contributed by atoms with E-state index < -0.39 is 11.9 Å². The van der Waals surface area contributed by atoms with Crippen LogP contribution >= 0.6 is 0 Å². The maximum Gasteiger partial charge on any atom is 0.330 e. The Morgan fingerprint density at radius 1 is 0.829 bits per heavy atom. The molecule has 0 N–H and O–H groups in total. The molecule has 7 nitrogen and oxygen atoms in total. The average molecular weight is 487 g/mol. The lowest BCUT2D eigenvalue weighted by Gasteiger charge is -2.28. The zero-order valence-corrected chi connectivity index (χ0v) is 21.3. The Hall–Kier alpha value is -3.32. The summed E-state index contributed by atoms with van der Waals surface area (Å²) in [6.07, 6.45) is 7.15. The van der Waals surface area contributed by atoms with Crippen molar-refractivity contribution in [3.63, 3.8) is 0 Å². The maximum absolute atomic E-state index is 11.1. The van der Waals surface area contributed by atoms with Gasteiger partial charge in [0.2, 0.25) is 0 Å². The number of rotatable bonds is 17. The molecule has 0 atom stereocenters. The third-order valence-electron chi connectivity index (χ3n) is 5.24. The van der Waals surface area contributed by atoms with E-state index in [9.17, 15) is 9.59 Å². The van der Waals surface area contributed by atoms with Crippen molar-refractivity contribution >= 4 is 11.9 Å². The van der Waals surface area contributed by atoms with Gasteiger partial charge in [-0.3, -0.25) is 0 Å². The molecule has 35 heavy (non-hydrogen) atoms. The molecule has 0 aliphatic carbocycles. The number of hydrogen-bond acceptors (Lipinski definition) is 7. The highest BCUT2D eigenvalue weighted by atomic mass is 16.6. The standard InChI is InChI=1S/C28H38O7/c1-7-23(11-10-22(4)32-20-21-35-27(30)9-3)28(5,6)24-12-14-25(15-13-24)33-18-16-31-17-19-34-26(29)8-2/h8-15H,2-3,7,16-21H2,1,4-6H3. The van der Waals surface area contributed by atoms with Gasteiger partial charge in [-0.1, -0.05) is 57.7 Å². The van der Waals surface area contributed by atoms with E-state index >= 15 is 0 Å². The van der Waals surface area contributed by atoms with Crippen molar-refractivity contribution in [2.24, 2.45) is 0 Å². The first-order valence-electron chi connectivity index (χ1n) is 11.6. The molecule has 0 aromatic heterocycles. The molecule has 0 aliphatic rings. The summed E-state index contributed by atoms with van der Waals surface area (Å²) in [6.45, 7) is 16.8. The maximum atomic E-state index is 11.1. The van der Waals surface area contributed by atoms with Gasteiger partial charge in [-0.25, -0.2) is 9.59 Å². The smallest absolute Gasteiger partial charge is 0.330 e. The Morgan fingerprint density at radius 3 is 1.94 bits per heavy atom. The van der Waals surface area contributed by atoms with Crippen LogP contribution < -0.4 is 4.74 Å². The molecule has 192 valence electrons. The largest absolute Gasteiger partial charge is 0.495 e. The van der Waals surface area contributed by atoms with Crippen LogP contribution in [-0.4, -0.2) is 51.6 Å². The van der Waals surface area contributed by atoms with E-state index in [1.54, 1.807) is 0 Å². The summed E-state index contributed by atoms with van der Waals surface area (Å²) in [7, 11) is 0. The molecule has 0 aliphatic heterocycles. The Bertz CT molecular complexity index is 879. The van der Waals surface area contributed by atoms with Crippen LogP contribution in [0.3, 0.4) is 0 Å². The van der Waals surface area contributed by atoms with Crippen LogP contribution in [0.2, 0.25) is 0 Å². The van der Waals surface area contributed by atoms with Crippen molar-refractivity contribution in [2.75, 3.05) is 39.6 Å². The summed E-state index contributed by atoms with van der Waals surface area (Å²) in [4.78, 5) is 22.0. The van der Waals surface area contributed by atoms with Gasteiger partial charge < -0.3 is 23.7 Å². The average Bonchev–Trinajstić information content (AvgIpc) is 2.86. The molecule has 1 aromatic carbocycles. The van der Waals surface area contributed by atoms with Gasteiger partial charge in [0, 0.05) is 17.6 Å². The molecule has 0 heterocycles. The van der Waals surface area contributed by atoms with E-state index in [4.69, 9.17) is 23.7 Å². The fraction of sp³-hybridized carbons (Fsp3) is 0.429. The molecule has 1 rings (SSSR count). The highest BCUT2D eigenvalue weighted by Crippen LogP contribution is 2.34. The molecule has 0 spiro atoms. The van der Waals surface area contributed by atoms with E-state index in [1.165, 1.54) is 11.1 Å². The summed E-state index contributed by atoms with van der Waals surface area (Å²) < 4.78 is 26.5. The topological polar surface area (TPSA) is 80.3 Å². The van der Waals surface area contributed by atoms with Gasteiger partial charge in [0.1, 0.15) is 32.2 Å². The van der Waals surface area contributed by atoms with Crippen molar-refractivity contribution in [1.29, 1.82) is 0 Å². The van der Waals surface area contributed by atoms with Crippen molar-refractivity contribution in [1.82, 2.24) is 0 Å². The lowest BCUT2D eigenvalue weighted by atomic mass is 9.76. The summed E-state index contributed by atoms with van der Waals surface area (Å²) in [5.41, 5.74) is 2.23. The molecular weight excluding hydrogens is 448 g/mol. The molecule has 0 bridgehead atoms. The lowest BCUT2D eigenvalue weighted by Crippen LogP contribution is -2.20. The Morgan fingerprint density at radius 2 is 1.37 bits per heavy atom. The van der Waals surface area contributed by atoms with Crippen LogP contribution in [-0.2, 0) is 34.0 Å². The van der Waals surface area contributed by atoms with Gasteiger partial charge in [-0.2, -0.15) is 0 Å². The summed E-state index contributed by atoms with van der Waals surface area (Å²) in [5.74, 6) is 0.580. The highest BCUT2D eigenvalue weighted by Gasteiger charge is 2.24. The van der Waals surface area contributed by atoms with E-state index in [2.05, 4.69) is 52.1 Å². The van der Waals surface area contributed by atoms with Crippen LogP contribution in [0.4, 0.5) is 0 Å². The second-order valence-electron chi connectivity index (χ2n) is 8.02. The van der Waals surface area contributed by atoms with Crippen molar-refractivity contribution in [3.8, 4) is 5.75 Å². The predicted molar refractivity (Wildman–Crippen MR) is 136 cm³/mol. The number of carbonyl (C=O) groups excluding carboxylic acids is 2. The molecular formula is C28H38O7. The van der Waals surface area contributed by atoms with Gasteiger partial charge in [0.05, 0.1) is 19.0 Å². The van der Waals surface area contributed by atoms with E-state index in [0.29, 0.717) is 19.8 Å². The fourth-order valence-electron chi connectivity index (χ4n) is 3.17. The van der Waals surface area contributed by atoms with Gasteiger partial charge in [0.25, 0.3) is 0 Å². The minimum atomic E-state index is -0.461. The molecule has 1 aromatic rings. The third-order valence-corrected chi connectivity index (χ3v) is 5.24. The van der Waals surface area contributed by atoms with E-state index in [0.717, 1.165) is 30.1 Å². The number of carbonyl (C=O) groups is 2. The van der Waals surface area contributed by atoms with E-state index in [-0.39, 0.29) is 25.2 Å². The Labute approximate surface area is 209 Å². The molecule has 0 saturated carbocycles. The highest BCUT2D eigenvalue weighted by molar-refractivity contribution is 5.81. The summed E-state index contributed by atoms with van der Waals surface area (Å²) >= 11 is 0. The first kappa shape index (κ1) is 29.7. The second kappa shape index (κ2) is 16.3. The quantitative estimate of drug-likeness (QED) is 0.0999. The first-order valence-corrected chi connectivity index (χ1v) is 11.6. The number of benzene rings is 1. The Balaban J connectivity index is 2.56. The van der Waals surface area contributed by atoms with Crippen LogP contribution in [0, 0.1) is 0 Å². The molecule has 0 amide bonds. The molecule has 0 fully saturated rings. The van der Waals surface area contributed by atoms with Gasteiger partial charge in [-0.15, -0.1) is 0 Å². The third kappa shape index (κ3) is 11.6. The molecule has 0 radical (unpaired) electrons. The minimum absolute atomic E-state index is 0.178. The van der Waals surface area contributed by atoms with Crippen LogP contribution in [0.5, 0.6) is 5.75 Å². The van der Waals surface area contributed by atoms with Crippen molar-refractivity contribution in [2.45, 2.75) is 39.5 Å². The summed E-state index contributed by atoms with van der Waals surface area (Å²) in [5, 5.41) is 0. The normalized spacial score (nSPS) is 12.0. The van der Waals surface area contributed by atoms with Crippen LogP contribution in [0.1, 0.15) is 39.7 Å². The zero-order valence-electron chi connectivity index (χ0n) is 21.3. The van der Waals surface area contributed by atoms with Crippen LogP contribution in [0.15, 0.2) is 73.1 Å². The number of esters is 2. The minimum Gasteiger partial charge on any atom is -0.495 e. The number of hydrogen-bond donors (Lipinski definition) is 0. The monoisotopic (exact) mass is 486 g/mol. The zero-order chi connectivity index (χ0) is 26.1. The number of allylic oxidation sites excluding steroid dienone is 4. The number of ether oxygens (including phenoxy) is 5. The SMILES string of the molecule is C=CC(=O)OCCOCCOc1ccc(C(C)(C)C(=CC=C(C)OCCOC(=O)C=C)CC)cc1. The molecule has 7 heteroatoms. The first-order chi connectivity index (χ1) is 16.7. The fourth-order valence-corrected chi connectivity index (χ4v) is 3.17. The van der Waals surface area contributed by atoms with Gasteiger partial charge in [0.15, 0.2) is 0 Å². The summed E-state index contributed by atoms with van der Waals surface area (Å²) in [6, 6.07) is 8.03. The second-order valence-corrected chi connectivity index (χ2v) is 8.02. The Kier molecular flexibility index (Phi) is 13.9.